The minimum absolute atomic E-state index is 0.101. The van der Waals surface area contributed by atoms with Crippen LogP contribution in [0.1, 0.15) is 12.8 Å². The summed E-state index contributed by atoms with van der Waals surface area (Å²) in [5.41, 5.74) is 0. The van der Waals surface area contributed by atoms with Gasteiger partial charge in [0.2, 0.25) is 10.0 Å². The lowest BCUT2D eigenvalue weighted by Gasteiger charge is -2.22. The van der Waals surface area contributed by atoms with Crippen LogP contribution in [0.2, 0.25) is 5.02 Å². The van der Waals surface area contributed by atoms with Gasteiger partial charge in [0.05, 0.1) is 17.0 Å². The summed E-state index contributed by atoms with van der Waals surface area (Å²) >= 11 is 9.06. The first-order chi connectivity index (χ1) is 9.37. The van der Waals surface area contributed by atoms with Gasteiger partial charge in [0, 0.05) is 11.0 Å². The largest absolute Gasteiger partial charge is 0.468 e. The third-order valence-electron chi connectivity index (χ3n) is 3.17. The van der Waals surface area contributed by atoms with Crippen LogP contribution in [0, 0.1) is 0 Å². The van der Waals surface area contributed by atoms with Gasteiger partial charge in [-0.05, 0) is 47.0 Å². The predicted molar refractivity (Wildman–Crippen MR) is 78.1 cm³/mol. The van der Waals surface area contributed by atoms with Crippen molar-refractivity contribution < 1.29 is 17.9 Å². The fourth-order valence-electron chi connectivity index (χ4n) is 2.17. The number of carbonyl (C=O) groups is 1. The first-order valence-electron chi connectivity index (χ1n) is 5.92. The van der Waals surface area contributed by atoms with E-state index in [1.807, 2.05) is 0 Å². The van der Waals surface area contributed by atoms with Crippen molar-refractivity contribution in [3.05, 3.63) is 27.7 Å². The van der Waals surface area contributed by atoms with Crippen molar-refractivity contribution in [3.63, 3.8) is 0 Å². The molecule has 1 fully saturated rings. The highest BCUT2D eigenvalue weighted by atomic mass is 79.9. The highest BCUT2D eigenvalue weighted by Gasteiger charge is 2.40. The van der Waals surface area contributed by atoms with Gasteiger partial charge in [-0.2, -0.15) is 4.31 Å². The molecule has 1 saturated heterocycles. The molecule has 1 aliphatic heterocycles. The smallest absolute Gasteiger partial charge is 0.324 e. The van der Waals surface area contributed by atoms with Crippen molar-refractivity contribution in [2.45, 2.75) is 23.8 Å². The number of esters is 1. The molecule has 1 aromatic carbocycles. The molecular weight excluding hydrogens is 370 g/mol. The van der Waals surface area contributed by atoms with E-state index in [4.69, 9.17) is 11.6 Å². The number of hydrogen-bond donors (Lipinski definition) is 0. The molecule has 0 saturated carbocycles. The van der Waals surface area contributed by atoms with Gasteiger partial charge in [-0.15, -0.1) is 0 Å². The summed E-state index contributed by atoms with van der Waals surface area (Å²) in [6, 6.07) is 3.61. The van der Waals surface area contributed by atoms with E-state index in [2.05, 4.69) is 20.7 Å². The first kappa shape index (κ1) is 15.8. The Bertz CT molecular complexity index is 634. The second-order valence-electron chi connectivity index (χ2n) is 4.37. The zero-order chi connectivity index (χ0) is 14.9. The van der Waals surface area contributed by atoms with Gasteiger partial charge in [0.15, 0.2) is 0 Å². The van der Waals surface area contributed by atoms with Crippen molar-refractivity contribution in [3.8, 4) is 0 Å². The zero-order valence-corrected chi connectivity index (χ0v) is 13.8. The van der Waals surface area contributed by atoms with E-state index in [0.29, 0.717) is 28.9 Å². The van der Waals surface area contributed by atoms with Crippen LogP contribution in [-0.2, 0) is 19.6 Å². The average molecular weight is 383 g/mol. The van der Waals surface area contributed by atoms with E-state index in [1.165, 1.54) is 29.6 Å². The summed E-state index contributed by atoms with van der Waals surface area (Å²) in [5.74, 6) is -0.529. The van der Waals surface area contributed by atoms with Crippen LogP contribution < -0.4 is 0 Å². The van der Waals surface area contributed by atoms with Crippen LogP contribution in [0.15, 0.2) is 27.6 Å². The molecule has 0 N–H and O–H groups in total. The lowest BCUT2D eigenvalue weighted by molar-refractivity contribution is -0.144. The Morgan fingerprint density at radius 2 is 2.20 bits per heavy atom. The number of halogens is 2. The molecule has 0 bridgehead atoms. The standard InChI is InChI=1S/C12H13BrClNO4S/c1-19-12(16)11-3-2-6-15(11)20(17,18)8-4-5-10(14)9(13)7-8/h4-5,7,11H,2-3,6H2,1H3. The number of rotatable bonds is 3. The number of hydrogen-bond acceptors (Lipinski definition) is 4. The molecule has 2 rings (SSSR count). The number of sulfonamides is 1. The molecule has 1 aliphatic rings. The number of methoxy groups -OCH3 is 1. The summed E-state index contributed by atoms with van der Waals surface area (Å²) in [7, 11) is -2.48. The van der Waals surface area contributed by atoms with Gasteiger partial charge < -0.3 is 4.74 Å². The van der Waals surface area contributed by atoms with Crippen LogP contribution >= 0.6 is 27.5 Å². The van der Waals surface area contributed by atoms with E-state index >= 15 is 0 Å². The van der Waals surface area contributed by atoms with E-state index in [-0.39, 0.29) is 4.90 Å². The van der Waals surface area contributed by atoms with E-state index in [1.54, 1.807) is 0 Å². The predicted octanol–water partition coefficient (Wildman–Crippen LogP) is 2.43. The molecule has 0 amide bonds. The highest BCUT2D eigenvalue weighted by molar-refractivity contribution is 9.10. The molecule has 1 aromatic rings. The van der Waals surface area contributed by atoms with E-state index in [0.717, 1.165) is 0 Å². The minimum Gasteiger partial charge on any atom is -0.468 e. The lowest BCUT2D eigenvalue weighted by Crippen LogP contribution is -2.41. The quantitative estimate of drug-likeness (QED) is 0.753. The molecule has 1 heterocycles. The van der Waals surface area contributed by atoms with Crippen LogP contribution in [0.25, 0.3) is 0 Å². The van der Waals surface area contributed by atoms with Crippen molar-refractivity contribution >= 4 is 43.5 Å². The lowest BCUT2D eigenvalue weighted by atomic mass is 10.2. The van der Waals surface area contributed by atoms with Crippen LogP contribution in [0.5, 0.6) is 0 Å². The molecule has 110 valence electrons. The number of ether oxygens (including phenoxy) is 1. The topological polar surface area (TPSA) is 63.7 Å². The van der Waals surface area contributed by atoms with Gasteiger partial charge in [0.25, 0.3) is 0 Å². The molecule has 0 aliphatic carbocycles. The molecule has 1 unspecified atom stereocenters. The van der Waals surface area contributed by atoms with Crippen molar-refractivity contribution in [2.24, 2.45) is 0 Å². The first-order valence-corrected chi connectivity index (χ1v) is 8.53. The maximum atomic E-state index is 12.6. The van der Waals surface area contributed by atoms with E-state index < -0.39 is 22.0 Å². The van der Waals surface area contributed by atoms with Gasteiger partial charge in [-0.25, -0.2) is 8.42 Å². The number of nitrogens with zero attached hydrogens (tertiary/aromatic N) is 1. The summed E-state index contributed by atoms with van der Waals surface area (Å²) < 4.78 is 31.5. The summed E-state index contributed by atoms with van der Waals surface area (Å²) in [5, 5.41) is 0.426. The summed E-state index contributed by atoms with van der Waals surface area (Å²) in [4.78, 5) is 11.8. The summed E-state index contributed by atoms with van der Waals surface area (Å²) in [6.45, 7) is 0.308. The number of carbonyl (C=O) groups excluding carboxylic acids is 1. The second-order valence-corrected chi connectivity index (χ2v) is 7.52. The molecular formula is C12H13BrClNO4S. The molecule has 0 spiro atoms. The van der Waals surface area contributed by atoms with E-state index in [9.17, 15) is 13.2 Å². The SMILES string of the molecule is COC(=O)C1CCCN1S(=O)(=O)c1ccc(Cl)c(Br)c1. The highest BCUT2D eigenvalue weighted by Crippen LogP contribution is 2.30. The Labute approximate surface area is 131 Å². The molecule has 8 heteroatoms. The van der Waals surface area contributed by atoms with Crippen molar-refractivity contribution in [2.75, 3.05) is 13.7 Å². The average Bonchev–Trinajstić information content (AvgIpc) is 2.90. The van der Waals surface area contributed by atoms with Crippen LogP contribution in [0.4, 0.5) is 0 Å². The van der Waals surface area contributed by atoms with Gasteiger partial charge >= 0.3 is 5.97 Å². The molecule has 20 heavy (non-hydrogen) atoms. The van der Waals surface area contributed by atoms with Gasteiger partial charge in [-0.1, -0.05) is 11.6 Å². The Kier molecular flexibility index (Phi) is 4.73. The fourth-order valence-corrected chi connectivity index (χ4v) is 4.49. The molecule has 0 aromatic heterocycles. The molecule has 5 nitrogen and oxygen atoms in total. The van der Waals surface area contributed by atoms with Crippen molar-refractivity contribution in [1.82, 2.24) is 4.31 Å². The Hall–Kier alpha value is -0.630. The van der Waals surface area contributed by atoms with Gasteiger partial charge in [0.1, 0.15) is 6.04 Å². The monoisotopic (exact) mass is 381 g/mol. The molecule has 1 atom stereocenters. The number of benzene rings is 1. The normalized spacial score (nSPS) is 20.1. The maximum Gasteiger partial charge on any atom is 0.324 e. The third-order valence-corrected chi connectivity index (χ3v) is 6.29. The van der Waals surface area contributed by atoms with Crippen LogP contribution in [-0.4, -0.2) is 38.4 Å². The summed E-state index contributed by atoms with van der Waals surface area (Å²) in [6.07, 6.45) is 1.11. The zero-order valence-electron chi connectivity index (χ0n) is 10.7. The van der Waals surface area contributed by atoms with Crippen molar-refractivity contribution in [1.29, 1.82) is 0 Å². The maximum absolute atomic E-state index is 12.6. The second kappa shape index (κ2) is 6.01. The van der Waals surface area contributed by atoms with Gasteiger partial charge in [-0.3, -0.25) is 4.79 Å². The van der Waals surface area contributed by atoms with Crippen LogP contribution in [0.3, 0.4) is 0 Å². The molecule has 0 radical (unpaired) electrons. The minimum atomic E-state index is -3.74. The Morgan fingerprint density at radius 3 is 2.80 bits per heavy atom. The Morgan fingerprint density at radius 1 is 1.50 bits per heavy atom. The Balaban J connectivity index is 2.38. The third kappa shape index (κ3) is 2.86. The fraction of sp³-hybridized carbons (Fsp3) is 0.417.